The third-order valence-electron chi connectivity index (χ3n) is 5.02. The first-order valence-corrected chi connectivity index (χ1v) is 9.86. The van der Waals surface area contributed by atoms with Gasteiger partial charge in [0.05, 0.1) is 17.3 Å². The fourth-order valence-corrected chi connectivity index (χ4v) is 3.59. The standard InChI is InChI=1S/C23H25N5O/c1-16(2)12-27-13-21(20-6-4-5-7-22(20)27)23(29)26-17(3)18-8-10-19(11-9-18)28-15-24-14-25-28/h4-11,13-17H,12H2,1-3H3,(H,26,29). The minimum atomic E-state index is -0.112. The molecule has 148 valence electrons. The van der Waals surface area contributed by atoms with Crippen LogP contribution >= 0.6 is 0 Å². The summed E-state index contributed by atoms with van der Waals surface area (Å²) in [6, 6.07) is 15.9. The largest absolute Gasteiger partial charge is 0.346 e. The van der Waals surface area contributed by atoms with Crippen molar-refractivity contribution in [1.82, 2.24) is 24.6 Å². The summed E-state index contributed by atoms with van der Waals surface area (Å²) in [5.74, 6) is 0.445. The van der Waals surface area contributed by atoms with Gasteiger partial charge in [0.2, 0.25) is 0 Å². The van der Waals surface area contributed by atoms with Crippen molar-refractivity contribution in [3.05, 3.63) is 78.5 Å². The quantitative estimate of drug-likeness (QED) is 0.534. The van der Waals surface area contributed by atoms with E-state index in [0.717, 1.165) is 28.7 Å². The molecule has 0 aliphatic rings. The van der Waals surface area contributed by atoms with Gasteiger partial charge in [-0.25, -0.2) is 9.67 Å². The van der Waals surface area contributed by atoms with E-state index >= 15 is 0 Å². The van der Waals surface area contributed by atoms with E-state index < -0.39 is 0 Å². The highest BCUT2D eigenvalue weighted by atomic mass is 16.1. The lowest BCUT2D eigenvalue weighted by Crippen LogP contribution is -2.26. The highest BCUT2D eigenvalue weighted by molar-refractivity contribution is 6.07. The molecule has 2 aromatic heterocycles. The van der Waals surface area contributed by atoms with Gasteiger partial charge in [-0.2, -0.15) is 5.10 Å². The number of benzene rings is 2. The van der Waals surface area contributed by atoms with Crippen LogP contribution < -0.4 is 5.32 Å². The van der Waals surface area contributed by atoms with Crippen LogP contribution in [0, 0.1) is 5.92 Å². The molecule has 6 heteroatoms. The molecule has 0 spiro atoms. The van der Waals surface area contributed by atoms with Crippen molar-refractivity contribution in [3.8, 4) is 5.69 Å². The van der Waals surface area contributed by atoms with Gasteiger partial charge in [-0.05, 0) is 36.6 Å². The predicted octanol–water partition coefficient (Wildman–Crippen LogP) is 4.37. The Morgan fingerprint density at radius 2 is 1.83 bits per heavy atom. The topological polar surface area (TPSA) is 64.7 Å². The maximum Gasteiger partial charge on any atom is 0.253 e. The molecule has 0 saturated carbocycles. The molecule has 0 bridgehead atoms. The smallest absolute Gasteiger partial charge is 0.253 e. The van der Waals surface area contributed by atoms with Gasteiger partial charge in [-0.1, -0.05) is 44.2 Å². The average Bonchev–Trinajstić information content (AvgIpc) is 3.37. The lowest BCUT2D eigenvalue weighted by atomic mass is 10.1. The van der Waals surface area contributed by atoms with E-state index in [1.807, 2.05) is 55.6 Å². The van der Waals surface area contributed by atoms with Crippen LogP contribution in [0.15, 0.2) is 67.4 Å². The fourth-order valence-electron chi connectivity index (χ4n) is 3.59. The molecule has 0 fully saturated rings. The van der Waals surface area contributed by atoms with Crippen LogP contribution in [0.2, 0.25) is 0 Å². The van der Waals surface area contributed by atoms with Crippen LogP contribution in [0.4, 0.5) is 0 Å². The molecular weight excluding hydrogens is 362 g/mol. The molecule has 0 saturated heterocycles. The maximum atomic E-state index is 13.0. The van der Waals surface area contributed by atoms with Gasteiger partial charge < -0.3 is 9.88 Å². The van der Waals surface area contributed by atoms with Crippen molar-refractivity contribution in [2.24, 2.45) is 5.92 Å². The SMILES string of the molecule is CC(C)Cn1cc(C(=O)NC(C)c2ccc(-n3cncn3)cc2)c2ccccc21. The van der Waals surface area contributed by atoms with Crippen molar-refractivity contribution < 1.29 is 4.79 Å². The zero-order chi connectivity index (χ0) is 20.4. The number of fused-ring (bicyclic) bond motifs is 1. The molecule has 4 rings (SSSR count). The molecule has 1 unspecified atom stereocenters. The van der Waals surface area contributed by atoms with Gasteiger partial charge in [0, 0.05) is 23.6 Å². The zero-order valence-electron chi connectivity index (χ0n) is 16.9. The second-order valence-corrected chi connectivity index (χ2v) is 7.73. The predicted molar refractivity (Wildman–Crippen MR) is 114 cm³/mol. The molecule has 1 atom stereocenters. The molecular formula is C23H25N5O. The molecule has 0 radical (unpaired) electrons. The number of nitrogens with zero attached hydrogens (tertiary/aromatic N) is 4. The Labute approximate surface area is 170 Å². The summed E-state index contributed by atoms with van der Waals surface area (Å²) in [6.45, 7) is 7.24. The first-order chi connectivity index (χ1) is 14.0. The third kappa shape index (κ3) is 3.92. The Hall–Kier alpha value is -3.41. The highest BCUT2D eigenvalue weighted by Crippen LogP contribution is 2.24. The van der Waals surface area contributed by atoms with E-state index in [4.69, 9.17) is 0 Å². The Balaban J connectivity index is 1.54. The minimum Gasteiger partial charge on any atom is -0.346 e. The molecule has 2 aromatic carbocycles. The molecule has 1 amide bonds. The second kappa shape index (κ2) is 7.91. The first kappa shape index (κ1) is 18.9. The average molecular weight is 387 g/mol. The number of nitrogens with one attached hydrogen (secondary N) is 1. The number of hydrogen-bond donors (Lipinski definition) is 1. The van der Waals surface area contributed by atoms with Gasteiger partial charge in [-0.15, -0.1) is 0 Å². The van der Waals surface area contributed by atoms with E-state index in [1.165, 1.54) is 6.33 Å². The first-order valence-electron chi connectivity index (χ1n) is 9.86. The minimum absolute atomic E-state index is 0.0587. The monoisotopic (exact) mass is 387 g/mol. The number of carbonyl (C=O) groups is 1. The number of rotatable bonds is 6. The van der Waals surface area contributed by atoms with Crippen LogP contribution in [0.25, 0.3) is 16.6 Å². The normalized spacial score (nSPS) is 12.4. The Kier molecular flexibility index (Phi) is 5.16. The van der Waals surface area contributed by atoms with Gasteiger partial charge in [-0.3, -0.25) is 4.79 Å². The molecule has 1 N–H and O–H groups in total. The Morgan fingerprint density at radius 1 is 1.07 bits per heavy atom. The van der Waals surface area contributed by atoms with E-state index in [-0.39, 0.29) is 11.9 Å². The van der Waals surface area contributed by atoms with E-state index in [1.54, 1.807) is 11.0 Å². The second-order valence-electron chi connectivity index (χ2n) is 7.73. The van der Waals surface area contributed by atoms with Crippen molar-refractivity contribution >= 4 is 16.8 Å². The summed E-state index contributed by atoms with van der Waals surface area (Å²) >= 11 is 0. The number of para-hydroxylation sites is 1. The lowest BCUT2D eigenvalue weighted by molar-refractivity contribution is 0.0941. The number of aromatic nitrogens is 4. The Morgan fingerprint density at radius 3 is 2.52 bits per heavy atom. The zero-order valence-corrected chi connectivity index (χ0v) is 16.9. The van der Waals surface area contributed by atoms with E-state index in [2.05, 4.69) is 39.9 Å². The maximum absolute atomic E-state index is 13.0. The molecule has 2 heterocycles. The highest BCUT2D eigenvalue weighted by Gasteiger charge is 2.17. The fraction of sp³-hybridized carbons (Fsp3) is 0.261. The Bertz CT molecular complexity index is 1110. The van der Waals surface area contributed by atoms with Crippen molar-refractivity contribution in [3.63, 3.8) is 0 Å². The summed E-state index contributed by atoms with van der Waals surface area (Å²) in [5.41, 5.74) is 3.78. The molecule has 0 aliphatic carbocycles. The van der Waals surface area contributed by atoms with Gasteiger partial charge in [0.15, 0.2) is 0 Å². The van der Waals surface area contributed by atoms with Crippen molar-refractivity contribution in [2.45, 2.75) is 33.4 Å². The van der Waals surface area contributed by atoms with Crippen LogP contribution in [-0.2, 0) is 6.54 Å². The summed E-state index contributed by atoms with van der Waals surface area (Å²) in [6.07, 6.45) is 5.14. The molecule has 0 aliphatic heterocycles. The van der Waals surface area contributed by atoms with Crippen LogP contribution in [-0.4, -0.2) is 25.2 Å². The number of carbonyl (C=O) groups excluding carboxylic acids is 1. The van der Waals surface area contributed by atoms with Gasteiger partial charge in [0.1, 0.15) is 12.7 Å². The molecule has 29 heavy (non-hydrogen) atoms. The van der Waals surface area contributed by atoms with Crippen LogP contribution in [0.1, 0.15) is 42.7 Å². The lowest BCUT2D eigenvalue weighted by Gasteiger charge is -2.14. The van der Waals surface area contributed by atoms with Gasteiger partial charge in [0.25, 0.3) is 5.91 Å². The summed E-state index contributed by atoms with van der Waals surface area (Å²) in [5, 5.41) is 8.26. The summed E-state index contributed by atoms with van der Waals surface area (Å²) < 4.78 is 3.88. The van der Waals surface area contributed by atoms with E-state index in [0.29, 0.717) is 11.5 Å². The van der Waals surface area contributed by atoms with E-state index in [9.17, 15) is 4.79 Å². The number of amides is 1. The summed E-state index contributed by atoms with van der Waals surface area (Å²) in [7, 11) is 0. The van der Waals surface area contributed by atoms with Crippen molar-refractivity contribution in [2.75, 3.05) is 0 Å². The number of hydrogen-bond acceptors (Lipinski definition) is 3. The summed E-state index contributed by atoms with van der Waals surface area (Å²) in [4.78, 5) is 17.0. The third-order valence-corrected chi connectivity index (χ3v) is 5.02. The van der Waals surface area contributed by atoms with Gasteiger partial charge >= 0.3 is 0 Å². The van der Waals surface area contributed by atoms with Crippen molar-refractivity contribution in [1.29, 1.82) is 0 Å². The molecule has 4 aromatic rings. The van der Waals surface area contributed by atoms with Crippen LogP contribution in [0.5, 0.6) is 0 Å². The van der Waals surface area contributed by atoms with Crippen LogP contribution in [0.3, 0.4) is 0 Å². The molecule has 6 nitrogen and oxygen atoms in total.